The van der Waals surface area contributed by atoms with Crippen LogP contribution in [0.5, 0.6) is 0 Å². The Bertz CT molecular complexity index is 473. The number of carbonyl (C=O) groups is 1. The van der Waals surface area contributed by atoms with E-state index in [1.165, 1.54) is 0 Å². The van der Waals surface area contributed by atoms with E-state index in [1.807, 2.05) is 11.1 Å². The van der Waals surface area contributed by atoms with Gasteiger partial charge in [0, 0.05) is 38.6 Å². The molecule has 0 aromatic carbocycles. The number of hydrogen-bond donors (Lipinski definition) is 1. The average Bonchev–Trinajstić information content (AvgIpc) is 3.21. The van der Waals surface area contributed by atoms with Gasteiger partial charge in [0.25, 0.3) is 0 Å². The first-order valence-corrected chi connectivity index (χ1v) is 7.90. The number of carbonyl (C=O) groups excluding carboxylic acids is 1. The van der Waals surface area contributed by atoms with Crippen molar-refractivity contribution in [3.63, 3.8) is 0 Å². The van der Waals surface area contributed by atoms with Gasteiger partial charge in [0.05, 0.1) is 18.8 Å². The Hall–Kier alpha value is -1.44. The van der Waals surface area contributed by atoms with Gasteiger partial charge in [-0.15, -0.1) is 0 Å². The molecule has 1 N–H and O–H groups in total. The second-order valence-corrected chi connectivity index (χ2v) is 5.96. The number of likely N-dealkylation sites (N-methyl/N-ethyl adjacent to an activating group) is 1. The molecule has 22 heavy (non-hydrogen) atoms. The number of aromatic amines is 1. The summed E-state index contributed by atoms with van der Waals surface area (Å²) >= 11 is 0. The van der Waals surface area contributed by atoms with Crippen LogP contribution in [0.2, 0.25) is 0 Å². The summed E-state index contributed by atoms with van der Waals surface area (Å²) in [6.45, 7) is 3.67. The van der Waals surface area contributed by atoms with Crippen molar-refractivity contribution in [3.05, 3.63) is 18.2 Å². The smallest absolute Gasteiger partial charge is 0.248 e. The maximum Gasteiger partial charge on any atom is 0.248 e. The Balaban J connectivity index is 1.47. The number of hydrogen-bond acceptors (Lipinski definition) is 5. The lowest BCUT2D eigenvalue weighted by atomic mass is 10.1. The molecule has 1 amide bonds. The Morgan fingerprint density at radius 2 is 2.45 bits per heavy atom. The third kappa shape index (κ3) is 3.66. The quantitative estimate of drug-likeness (QED) is 0.854. The molecule has 2 aliphatic rings. The Kier molecular flexibility index (Phi) is 5.07. The first kappa shape index (κ1) is 15.5. The van der Waals surface area contributed by atoms with Crippen molar-refractivity contribution in [1.29, 1.82) is 0 Å². The topological polar surface area (TPSA) is 70.7 Å². The molecule has 3 heterocycles. The van der Waals surface area contributed by atoms with Crippen LogP contribution in [0.3, 0.4) is 0 Å². The van der Waals surface area contributed by atoms with Crippen LogP contribution in [0.25, 0.3) is 0 Å². The van der Waals surface area contributed by atoms with Gasteiger partial charge < -0.3 is 19.4 Å². The van der Waals surface area contributed by atoms with Crippen molar-refractivity contribution in [1.82, 2.24) is 19.8 Å². The number of H-pyrrole nitrogens is 1. The SMILES string of the molecule is CN1CCN(C(=O)COC[C@@H]2CCCO2)C[C@H]1c1ncc[nH]1. The number of piperazine rings is 1. The minimum Gasteiger partial charge on any atom is -0.376 e. The fourth-order valence-electron chi connectivity index (χ4n) is 3.00. The highest BCUT2D eigenvalue weighted by molar-refractivity contribution is 5.77. The fourth-order valence-corrected chi connectivity index (χ4v) is 3.00. The summed E-state index contributed by atoms with van der Waals surface area (Å²) in [5, 5.41) is 0. The molecule has 3 rings (SSSR count). The van der Waals surface area contributed by atoms with Crippen LogP contribution in [0.1, 0.15) is 24.7 Å². The Labute approximate surface area is 130 Å². The number of aromatic nitrogens is 2. The molecule has 1 aromatic heterocycles. The van der Waals surface area contributed by atoms with Gasteiger partial charge in [-0.05, 0) is 19.9 Å². The molecule has 2 aliphatic heterocycles. The molecule has 1 aromatic rings. The minimum absolute atomic E-state index is 0.0441. The molecule has 0 bridgehead atoms. The van der Waals surface area contributed by atoms with Crippen LogP contribution in [0.15, 0.2) is 12.4 Å². The monoisotopic (exact) mass is 308 g/mol. The standard InChI is InChI=1S/C15H24N4O3/c1-18-6-7-19(9-13(18)15-16-4-5-17-15)14(20)11-21-10-12-3-2-8-22-12/h4-5,12-13H,2-3,6-11H2,1H3,(H,16,17)/t12-,13-/m0/s1. The number of nitrogens with one attached hydrogen (secondary N) is 1. The van der Waals surface area contributed by atoms with E-state index in [2.05, 4.69) is 21.9 Å². The summed E-state index contributed by atoms with van der Waals surface area (Å²) in [7, 11) is 2.06. The van der Waals surface area contributed by atoms with Crippen LogP contribution in [0, 0.1) is 0 Å². The zero-order valence-corrected chi connectivity index (χ0v) is 13.0. The number of amides is 1. The van der Waals surface area contributed by atoms with E-state index in [1.54, 1.807) is 6.20 Å². The van der Waals surface area contributed by atoms with Gasteiger partial charge >= 0.3 is 0 Å². The average molecular weight is 308 g/mol. The van der Waals surface area contributed by atoms with E-state index in [9.17, 15) is 4.79 Å². The predicted octanol–water partition coefficient (Wildman–Crippen LogP) is 0.420. The summed E-state index contributed by atoms with van der Waals surface area (Å²) in [5.74, 6) is 0.947. The maximum absolute atomic E-state index is 12.3. The second-order valence-electron chi connectivity index (χ2n) is 5.96. The molecule has 7 nitrogen and oxygen atoms in total. The molecule has 0 saturated carbocycles. The summed E-state index contributed by atoms with van der Waals surface area (Å²) < 4.78 is 11.0. The molecule has 2 saturated heterocycles. The highest BCUT2D eigenvalue weighted by Gasteiger charge is 2.30. The number of nitrogens with zero attached hydrogens (tertiary/aromatic N) is 3. The number of imidazole rings is 1. The van der Waals surface area contributed by atoms with Crippen molar-refractivity contribution >= 4 is 5.91 Å². The van der Waals surface area contributed by atoms with E-state index in [0.29, 0.717) is 13.2 Å². The van der Waals surface area contributed by atoms with Crippen molar-refractivity contribution < 1.29 is 14.3 Å². The lowest BCUT2D eigenvalue weighted by Crippen LogP contribution is -2.50. The van der Waals surface area contributed by atoms with Crippen LogP contribution in [-0.2, 0) is 14.3 Å². The molecule has 0 radical (unpaired) electrons. The fraction of sp³-hybridized carbons (Fsp3) is 0.733. The van der Waals surface area contributed by atoms with E-state index in [0.717, 1.165) is 38.4 Å². The molecule has 7 heteroatoms. The highest BCUT2D eigenvalue weighted by atomic mass is 16.5. The van der Waals surface area contributed by atoms with Crippen molar-refractivity contribution in [2.45, 2.75) is 25.0 Å². The Morgan fingerprint density at radius 3 is 3.18 bits per heavy atom. The second kappa shape index (κ2) is 7.21. The number of rotatable bonds is 5. The summed E-state index contributed by atoms with van der Waals surface area (Å²) in [4.78, 5) is 23.8. The first-order valence-electron chi connectivity index (χ1n) is 7.90. The lowest BCUT2D eigenvalue weighted by molar-refractivity contribution is -0.140. The van der Waals surface area contributed by atoms with E-state index >= 15 is 0 Å². The first-order chi connectivity index (χ1) is 10.7. The molecule has 0 aliphatic carbocycles. The predicted molar refractivity (Wildman–Crippen MR) is 80.3 cm³/mol. The van der Waals surface area contributed by atoms with Gasteiger partial charge in [-0.3, -0.25) is 9.69 Å². The van der Waals surface area contributed by atoms with Gasteiger partial charge in [-0.25, -0.2) is 4.98 Å². The van der Waals surface area contributed by atoms with Gasteiger partial charge in [-0.1, -0.05) is 0 Å². The molecule has 0 unspecified atom stereocenters. The largest absolute Gasteiger partial charge is 0.376 e. The van der Waals surface area contributed by atoms with Crippen molar-refractivity contribution in [3.8, 4) is 0 Å². The molecule has 0 spiro atoms. The van der Waals surface area contributed by atoms with E-state index in [-0.39, 0.29) is 24.7 Å². The lowest BCUT2D eigenvalue weighted by Gasteiger charge is -2.38. The van der Waals surface area contributed by atoms with Crippen molar-refractivity contribution in [2.75, 3.05) is 46.5 Å². The summed E-state index contributed by atoms with van der Waals surface area (Å²) in [6.07, 6.45) is 5.84. The van der Waals surface area contributed by atoms with Crippen LogP contribution < -0.4 is 0 Å². The Morgan fingerprint density at radius 1 is 1.55 bits per heavy atom. The molecular weight excluding hydrogens is 284 g/mol. The van der Waals surface area contributed by atoms with Crippen LogP contribution >= 0.6 is 0 Å². The molecule has 122 valence electrons. The third-order valence-corrected chi connectivity index (χ3v) is 4.39. The summed E-state index contributed by atoms with van der Waals surface area (Å²) in [6, 6.07) is 0.117. The van der Waals surface area contributed by atoms with Crippen molar-refractivity contribution in [2.24, 2.45) is 0 Å². The van der Waals surface area contributed by atoms with Gasteiger partial charge in [0.15, 0.2) is 0 Å². The zero-order valence-electron chi connectivity index (χ0n) is 13.0. The van der Waals surface area contributed by atoms with E-state index in [4.69, 9.17) is 9.47 Å². The molecular formula is C15H24N4O3. The molecule has 2 atom stereocenters. The van der Waals surface area contributed by atoms with Gasteiger partial charge in [-0.2, -0.15) is 0 Å². The normalized spacial score (nSPS) is 26.5. The third-order valence-electron chi connectivity index (χ3n) is 4.39. The minimum atomic E-state index is 0.0441. The van der Waals surface area contributed by atoms with Gasteiger partial charge in [0.1, 0.15) is 12.4 Å². The summed E-state index contributed by atoms with van der Waals surface area (Å²) in [5.41, 5.74) is 0. The zero-order chi connectivity index (χ0) is 15.4. The molecule has 2 fully saturated rings. The van der Waals surface area contributed by atoms with Crippen LogP contribution in [-0.4, -0.2) is 78.3 Å². The van der Waals surface area contributed by atoms with Crippen LogP contribution in [0.4, 0.5) is 0 Å². The highest BCUT2D eigenvalue weighted by Crippen LogP contribution is 2.21. The number of ether oxygens (including phenoxy) is 2. The van der Waals surface area contributed by atoms with Gasteiger partial charge in [0.2, 0.25) is 5.91 Å². The maximum atomic E-state index is 12.3. The van der Waals surface area contributed by atoms with E-state index < -0.39 is 0 Å².